The molecule has 1 aromatic carbocycles. The van der Waals surface area contributed by atoms with Gasteiger partial charge in [-0.05, 0) is 18.1 Å². The van der Waals surface area contributed by atoms with Gasteiger partial charge in [-0.25, -0.2) is 9.97 Å². The Morgan fingerprint density at radius 3 is 2.97 bits per heavy atom. The number of nitrogens with two attached hydrogens (primary N) is 1. The molecule has 0 bridgehead atoms. The molecule has 8 heteroatoms. The number of para-hydroxylation sites is 1. The molecule has 0 aliphatic carbocycles. The minimum Gasteiger partial charge on any atom is -0.477 e. The Kier molecular flexibility index (Phi) is 5.90. The van der Waals surface area contributed by atoms with Gasteiger partial charge in [0.15, 0.2) is 0 Å². The van der Waals surface area contributed by atoms with E-state index in [2.05, 4.69) is 36.9 Å². The number of hydrogen-bond acceptors (Lipinski definition) is 6. The highest BCUT2D eigenvalue weighted by molar-refractivity contribution is 5.83. The number of nitrogens with one attached hydrogen (secondary N) is 1. The molecular weight excluding hydrogens is 368 g/mol. The summed E-state index contributed by atoms with van der Waals surface area (Å²) < 4.78 is 5.90. The lowest BCUT2D eigenvalue weighted by Gasteiger charge is -2.22. The molecule has 0 spiro atoms. The van der Waals surface area contributed by atoms with Crippen LogP contribution in [0.15, 0.2) is 42.9 Å². The van der Waals surface area contributed by atoms with Crippen LogP contribution in [-0.4, -0.2) is 65.1 Å². The van der Waals surface area contributed by atoms with Crippen LogP contribution in [0.3, 0.4) is 0 Å². The van der Waals surface area contributed by atoms with Crippen LogP contribution in [0.4, 0.5) is 5.82 Å². The van der Waals surface area contributed by atoms with Gasteiger partial charge in [0.25, 0.3) is 0 Å². The average Bonchev–Trinajstić information content (AvgIpc) is 2.99. The fourth-order valence-electron chi connectivity index (χ4n) is 3.76. The summed E-state index contributed by atoms with van der Waals surface area (Å²) >= 11 is 0. The number of hydrogen-bond donors (Lipinski definition) is 2. The van der Waals surface area contributed by atoms with Crippen molar-refractivity contribution in [1.82, 2.24) is 19.9 Å². The van der Waals surface area contributed by atoms with E-state index < -0.39 is 0 Å². The first-order valence-corrected chi connectivity index (χ1v) is 9.94. The molecule has 3 heterocycles. The Balaban J connectivity index is 1.34. The van der Waals surface area contributed by atoms with Crippen LogP contribution in [-0.2, 0) is 11.2 Å². The SMILES string of the molecule is NC(=O)CN1CCCN(c2cc(OCCc3c[nH]c4ccccc34)ncn2)CC1. The van der Waals surface area contributed by atoms with Crippen molar-refractivity contribution in [3.63, 3.8) is 0 Å². The van der Waals surface area contributed by atoms with Gasteiger partial charge in [-0.3, -0.25) is 9.69 Å². The van der Waals surface area contributed by atoms with Gasteiger partial charge in [0, 0.05) is 55.8 Å². The summed E-state index contributed by atoms with van der Waals surface area (Å²) in [5.74, 6) is 1.14. The number of benzene rings is 1. The standard InChI is InChI=1S/C21H26N6O2/c22-19(28)14-26-7-3-8-27(10-9-26)20-12-21(25-15-24-20)29-11-6-16-13-23-18-5-2-1-4-17(16)18/h1-2,4-5,12-13,15,23H,3,6-11,14H2,(H2,22,28). The van der Waals surface area contributed by atoms with Gasteiger partial charge in [0.1, 0.15) is 12.1 Å². The molecule has 1 aliphatic heterocycles. The molecule has 2 aromatic heterocycles. The molecule has 1 fully saturated rings. The van der Waals surface area contributed by atoms with Crippen molar-refractivity contribution in [2.24, 2.45) is 5.73 Å². The highest BCUT2D eigenvalue weighted by Crippen LogP contribution is 2.20. The lowest BCUT2D eigenvalue weighted by molar-refractivity contribution is -0.119. The first-order valence-electron chi connectivity index (χ1n) is 9.94. The van der Waals surface area contributed by atoms with Crippen molar-refractivity contribution in [3.05, 3.63) is 48.4 Å². The van der Waals surface area contributed by atoms with E-state index in [9.17, 15) is 4.79 Å². The maximum Gasteiger partial charge on any atom is 0.231 e. The number of carbonyl (C=O) groups is 1. The van der Waals surface area contributed by atoms with Crippen molar-refractivity contribution >= 4 is 22.6 Å². The number of H-pyrrole nitrogens is 1. The van der Waals surface area contributed by atoms with Crippen LogP contribution in [0.5, 0.6) is 5.88 Å². The van der Waals surface area contributed by atoms with Gasteiger partial charge < -0.3 is 20.4 Å². The minimum absolute atomic E-state index is 0.286. The number of aromatic nitrogens is 3. The quantitative estimate of drug-likeness (QED) is 0.631. The molecule has 1 amide bonds. The Morgan fingerprint density at radius 1 is 1.17 bits per heavy atom. The smallest absolute Gasteiger partial charge is 0.231 e. The summed E-state index contributed by atoms with van der Waals surface area (Å²) in [5.41, 5.74) is 7.69. The van der Waals surface area contributed by atoms with Crippen LogP contribution in [0.2, 0.25) is 0 Å². The summed E-state index contributed by atoms with van der Waals surface area (Å²) in [4.78, 5) is 27.4. The van der Waals surface area contributed by atoms with Gasteiger partial charge >= 0.3 is 0 Å². The zero-order chi connectivity index (χ0) is 20.1. The second-order valence-corrected chi connectivity index (χ2v) is 7.26. The summed E-state index contributed by atoms with van der Waals surface area (Å²) in [6.07, 6.45) is 5.33. The van der Waals surface area contributed by atoms with Crippen molar-refractivity contribution in [2.45, 2.75) is 12.8 Å². The molecule has 8 nitrogen and oxygen atoms in total. The fraction of sp³-hybridized carbons (Fsp3) is 0.381. The fourth-order valence-corrected chi connectivity index (χ4v) is 3.76. The van der Waals surface area contributed by atoms with Gasteiger partial charge in [0.2, 0.25) is 11.8 Å². The number of rotatable bonds is 7. The third-order valence-corrected chi connectivity index (χ3v) is 5.22. The second kappa shape index (κ2) is 8.91. The monoisotopic (exact) mass is 394 g/mol. The van der Waals surface area contributed by atoms with Crippen LogP contribution < -0.4 is 15.4 Å². The van der Waals surface area contributed by atoms with Crippen molar-refractivity contribution < 1.29 is 9.53 Å². The molecule has 0 unspecified atom stereocenters. The van der Waals surface area contributed by atoms with E-state index in [1.54, 1.807) is 6.33 Å². The Morgan fingerprint density at radius 2 is 2.07 bits per heavy atom. The first-order chi connectivity index (χ1) is 14.2. The Hall–Kier alpha value is -3.13. The molecule has 3 N–H and O–H groups in total. The van der Waals surface area contributed by atoms with Gasteiger partial charge in [-0.2, -0.15) is 0 Å². The highest BCUT2D eigenvalue weighted by Gasteiger charge is 2.17. The molecule has 0 atom stereocenters. The third kappa shape index (κ3) is 4.83. The maximum atomic E-state index is 11.2. The number of nitrogens with zero attached hydrogens (tertiary/aromatic N) is 4. The molecule has 152 valence electrons. The number of fused-ring (bicyclic) bond motifs is 1. The van der Waals surface area contributed by atoms with E-state index in [0.29, 0.717) is 19.0 Å². The number of anilines is 1. The molecule has 1 saturated heterocycles. The number of primary amides is 1. The second-order valence-electron chi connectivity index (χ2n) is 7.26. The number of ether oxygens (including phenoxy) is 1. The molecule has 0 radical (unpaired) electrons. The van der Waals surface area contributed by atoms with Crippen molar-refractivity contribution in [1.29, 1.82) is 0 Å². The van der Waals surface area contributed by atoms with E-state index in [1.165, 1.54) is 10.9 Å². The molecule has 29 heavy (non-hydrogen) atoms. The largest absolute Gasteiger partial charge is 0.477 e. The van der Waals surface area contributed by atoms with Crippen LogP contribution in [0.1, 0.15) is 12.0 Å². The topological polar surface area (TPSA) is 100 Å². The van der Waals surface area contributed by atoms with Crippen molar-refractivity contribution in [2.75, 3.05) is 44.2 Å². The predicted molar refractivity (Wildman–Crippen MR) is 112 cm³/mol. The summed E-state index contributed by atoms with van der Waals surface area (Å²) in [6.45, 7) is 4.16. The van der Waals surface area contributed by atoms with Gasteiger partial charge in [0.05, 0.1) is 13.2 Å². The summed E-state index contributed by atoms with van der Waals surface area (Å²) in [7, 11) is 0. The Bertz CT molecular complexity index is 972. The van der Waals surface area contributed by atoms with Crippen molar-refractivity contribution in [3.8, 4) is 5.88 Å². The maximum absolute atomic E-state index is 11.2. The molecule has 0 saturated carbocycles. The predicted octanol–water partition coefficient (Wildman–Crippen LogP) is 1.58. The third-order valence-electron chi connectivity index (χ3n) is 5.22. The molecular formula is C21H26N6O2. The lowest BCUT2D eigenvalue weighted by atomic mass is 10.1. The van der Waals surface area contributed by atoms with Crippen LogP contribution >= 0.6 is 0 Å². The van der Waals surface area contributed by atoms with E-state index in [1.807, 2.05) is 24.4 Å². The van der Waals surface area contributed by atoms with E-state index >= 15 is 0 Å². The number of carbonyl (C=O) groups excluding carboxylic acids is 1. The lowest BCUT2D eigenvalue weighted by Crippen LogP contribution is -2.36. The molecule has 3 aromatic rings. The number of amides is 1. The van der Waals surface area contributed by atoms with Crippen LogP contribution in [0.25, 0.3) is 10.9 Å². The van der Waals surface area contributed by atoms with Gasteiger partial charge in [-0.1, -0.05) is 18.2 Å². The van der Waals surface area contributed by atoms with Crippen LogP contribution in [0, 0.1) is 0 Å². The van der Waals surface area contributed by atoms with E-state index in [0.717, 1.165) is 50.4 Å². The van der Waals surface area contributed by atoms with E-state index in [-0.39, 0.29) is 5.91 Å². The summed E-state index contributed by atoms with van der Waals surface area (Å²) in [5, 5.41) is 1.23. The Labute approximate surface area is 169 Å². The minimum atomic E-state index is -0.286. The van der Waals surface area contributed by atoms with Gasteiger partial charge in [-0.15, -0.1) is 0 Å². The first kappa shape index (κ1) is 19.2. The normalized spacial score (nSPS) is 15.4. The molecule has 1 aliphatic rings. The van der Waals surface area contributed by atoms with E-state index in [4.69, 9.17) is 10.5 Å². The number of aromatic amines is 1. The average molecular weight is 394 g/mol. The highest BCUT2D eigenvalue weighted by atomic mass is 16.5. The zero-order valence-corrected chi connectivity index (χ0v) is 16.4. The zero-order valence-electron chi connectivity index (χ0n) is 16.4. The molecule has 4 rings (SSSR count). The summed E-state index contributed by atoms with van der Waals surface area (Å²) in [6, 6.07) is 10.1.